The molecule has 1 heterocycles. The van der Waals surface area contributed by atoms with Crippen LogP contribution >= 0.6 is 0 Å². The highest BCUT2D eigenvalue weighted by Gasteiger charge is 2.24. The first-order valence-corrected chi connectivity index (χ1v) is 6.67. The van der Waals surface area contributed by atoms with E-state index in [0.717, 1.165) is 19.4 Å². The minimum absolute atomic E-state index is 0.0246. The van der Waals surface area contributed by atoms with E-state index in [4.69, 9.17) is 16.2 Å². The fraction of sp³-hybridized carbons (Fsp3) is 0.500. The number of anilines is 2. The summed E-state index contributed by atoms with van der Waals surface area (Å²) < 4.78 is 5.60. The Labute approximate surface area is 113 Å². The highest BCUT2D eigenvalue weighted by molar-refractivity contribution is 5.96. The van der Waals surface area contributed by atoms with Crippen LogP contribution in [-0.4, -0.2) is 36.6 Å². The van der Waals surface area contributed by atoms with Crippen LogP contribution in [0.3, 0.4) is 0 Å². The van der Waals surface area contributed by atoms with Crippen LogP contribution in [0.2, 0.25) is 0 Å². The van der Waals surface area contributed by atoms with Gasteiger partial charge in [0.1, 0.15) is 0 Å². The standard InChI is InChI=1S/C14H21N3O2/c1-2-19-13-4-3-5-17(9-13)14(18)10-6-11(15)8-12(16)7-10/h6-8,13H,2-5,9,15-16H2,1H3. The van der Waals surface area contributed by atoms with Gasteiger partial charge in [0.05, 0.1) is 6.10 Å². The smallest absolute Gasteiger partial charge is 0.254 e. The van der Waals surface area contributed by atoms with Gasteiger partial charge < -0.3 is 21.1 Å². The number of nitrogen functional groups attached to an aromatic ring is 2. The van der Waals surface area contributed by atoms with Crippen molar-refractivity contribution < 1.29 is 9.53 Å². The molecular formula is C14H21N3O2. The molecule has 1 saturated heterocycles. The summed E-state index contributed by atoms with van der Waals surface area (Å²) in [6.07, 6.45) is 2.12. The zero-order valence-corrected chi connectivity index (χ0v) is 11.3. The summed E-state index contributed by atoms with van der Waals surface area (Å²) in [5, 5.41) is 0. The van der Waals surface area contributed by atoms with Crippen molar-refractivity contribution in [2.75, 3.05) is 31.2 Å². The third kappa shape index (κ3) is 3.38. The van der Waals surface area contributed by atoms with Gasteiger partial charge >= 0.3 is 0 Å². The average molecular weight is 263 g/mol. The highest BCUT2D eigenvalue weighted by Crippen LogP contribution is 2.19. The lowest BCUT2D eigenvalue weighted by Gasteiger charge is -2.32. The van der Waals surface area contributed by atoms with Gasteiger partial charge in [-0.15, -0.1) is 0 Å². The van der Waals surface area contributed by atoms with Crippen LogP contribution in [-0.2, 0) is 4.74 Å². The Kier molecular flexibility index (Phi) is 4.27. The molecule has 1 unspecified atom stereocenters. The number of rotatable bonds is 3. The second kappa shape index (κ2) is 5.93. The SMILES string of the molecule is CCOC1CCCN(C(=O)c2cc(N)cc(N)c2)C1. The molecule has 0 aliphatic carbocycles. The van der Waals surface area contributed by atoms with E-state index in [1.165, 1.54) is 0 Å². The van der Waals surface area contributed by atoms with Gasteiger partial charge in [-0.2, -0.15) is 0 Å². The predicted molar refractivity (Wildman–Crippen MR) is 75.8 cm³/mol. The van der Waals surface area contributed by atoms with E-state index in [2.05, 4.69) is 0 Å². The van der Waals surface area contributed by atoms with E-state index in [1.807, 2.05) is 11.8 Å². The molecule has 1 aromatic carbocycles. The number of benzene rings is 1. The normalized spacial score (nSPS) is 19.4. The molecule has 0 spiro atoms. The van der Waals surface area contributed by atoms with Crippen molar-refractivity contribution in [1.82, 2.24) is 4.90 Å². The van der Waals surface area contributed by atoms with Crippen LogP contribution in [0.1, 0.15) is 30.1 Å². The van der Waals surface area contributed by atoms with Crippen LogP contribution in [0.25, 0.3) is 0 Å². The fourth-order valence-corrected chi connectivity index (χ4v) is 2.48. The molecular weight excluding hydrogens is 242 g/mol. The monoisotopic (exact) mass is 263 g/mol. The number of likely N-dealkylation sites (tertiary alicyclic amines) is 1. The topological polar surface area (TPSA) is 81.6 Å². The summed E-state index contributed by atoms with van der Waals surface area (Å²) in [5.41, 5.74) is 13.0. The fourth-order valence-electron chi connectivity index (χ4n) is 2.48. The lowest BCUT2D eigenvalue weighted by Crippen LogP contribution is -2.43. The van der Waals surface area contributed by atoms with Gasteiger partial charge in [-0.25, -0.2) is 0 Å². The van der Waals surface area contributed by atoms with Gasteiger partial charge in [0.2, 0.25) is 0 Å². The van der Waals surface area contributed by atoms with E-state index < -0.39 is 0 Å². The number of nitrogens with two attached hydrogens (primary N) is 2. The number of amides is 1. The molecule has 19 heavy (non-hydrogen) atoms. The van der Waals surface area contributed by atoms with Crippen molar-refractivity contribution >= 4 is 17.3 Å². The number of hydrogen-bond donors (Lipinski definition) is 2. The van der Waals surface area contributed by atoms with Gasteiger partial charge in [-0.1, -0.05) is 0 Å². The summed E-state index contributed by atoms with van der Waals surface area (Å²) in [5.74, 6) is -0.0246. The van der Waals surface area contributed by atoms with E-state index in [-0.39, 0.29) is 12.0 Å². The molecule has 1 aliphatic heterocycles. The van der Waals surface area contributed by atoms with Crippen molar-refractivity contribution in [3.63, 3.8) is 0 Å². The highest BCUT2D eigenvalue weighted by atomic mass is 16.5. The Morgan fingerprint density at radius 1 is 1.37 bits per heavy atom. The first-order chi connectivity index (χ1) is 9.10. The van der Waals surface area contributed by atoms with E-state index >= 15 is 0 Å². The number of piperidine rings is 1. The molecule has 5 nitrogen and oxygen atoms in total. The van der Waals surface area contributed by atoms with Crippen molar-refractivity contribution in [3.8, 4) is 0 Å². The lowest BCUT2D eigenvalue weighted by atomic mass is 10.1. The Bertz CT molecular complexity index is 440. The minimum atomic E-state index is -0.0246. The van der Waals surface area contributed by atoms with E-state index in [1.54, 1.807) is 18.2 Å². The molecule has 0 radical (unpaired) electrons. The second-order valence-corrected chi connectivity index (χ2v) is 4.86. The molecule has 1 amide bonds. The summed E-state index contributed by atoms with van der Waals surface area (Å²) in [7, 11) is 0. The minimum Gasteiger partial charge on any atom is -0.399 e. The second-order valence-electron chi connectivity index (χ2n) is 4.86. The Balaban J connectivity index is 2.10. The number of hydrogen-bond acceptors (Lipinski definition) is 4. The Morgan fingerprint density at radius 2 is 2.05 bits per heavy atom. The number of carbonyl (C=O) groups excluding carboxylic acids is 1. The van der Waals surface area contributed by atoms with Crippen molar-refractivity contribution in [2.24, 2.45) is 0 Å². The molecule has 104 valence electrons. The largest absolute Gasteiger partial charge is 0.399 e. The van der Waals surface area contributed by atoms with Crippen LogP contribution < -0.4 is 11.5 Å². The zero-order valence-electron chi connectivity index (χ0n) is 11.3. The third-order valence-electron chi connectivity index (χ3n) is 3.29. The Hall–Kier alpha value is -1.75. The van der Waals surface area contributed by atoms with Gasteiger partial charge in [0.15, 0.2) is 0 Å². The maximum atomic E-state index is 12.4. The molecule has 4 N–H and O–H groups in total. The molecule has 1 fully saturated rings. The van der Waals surface area contributed by atoms with Crippen molar-refractivity contribution in [3.05, 3.63) is 23.8 Å². The molecule has 0 bridgehead atoms. The van der Waals surface area contributed by atoms with Crippen LogP contribution in [0.4, 0.5) is 11.4 Å². The molecule has 0 aromatic heterocycles. The first-order valence-electron chi connectivity index (χ1n) is 6.67. The predicted octanol–water partition coefficient (Wildman–Crippen LogP) is 1.49. The molecule has 1 aliphatic rings. The van der Waals surface area contributed by atoms with E-state index in [9.17, 15) is 4.79 Å². The van der Waals surface area contributed by atoms with Crippen molar-refractivity contribution in [2.45, 2.75) is 25.9 Å². The third-order valence-corrected chi connectivity index (χ3v) is 3.29. The summed E-state index contributed by atoms with van der Waals surface area (Å²) >= 11 is 0. The number of ether oxygens (including phenoxy) is 1. The number of carbonyl (C=O) groups is 1. The van der Waals surface area contributed by atoms with Crippen LogP contribution in [0.15, 0.2) is 18.2 Å². The summed E-state index contributed by atoms with van der Waals surface area (Å²) in [6.45, 7) is 4.05. The zero-order chi connectivity index (χ0) is 13.8. The molecule has 5 heteroatoms. The Morgan fingerprint density at radius 3 is 2.68 bits per heavy atom. The number of nitrogens with zero attached hydrogens (tertiary/aromatic N) is 1. The molecule has 0 saturated carbocycles. The summed E-state index contributed by atoms with van der Waals surface area (Å²) in [4.78, 5) is 14.2. The first kappa shape index (κ1) is 13.7. The maximum absolute atomic E-state index is 12.4. The lowest BCUT2D eigenvalue weighted by molar-refractivity contribution is 0.00725. The van der Waals surface area contributed by atoms with E-state index in [0.29, 0.717) is 30.1 Å². The van der Waals surface area contributed by atoms with Gasteiger partial charge in [0.25, 0.3) is 5.91 Å². The summed E-state index contributed by atoms with van der Waals surface area (Å²) in [6, 6.07) is 4.99. The van der Waals surface area contributed by atoms with Gasteiger partial charge in [-0.05, 0) is 38.0 Å². The quantitative estimate of drug-likeness (QED) is 0.810. The molecule has 1 aromatic rings. The average Bonchev–Trinajstić information content (AvgIpc) is 2.37. The van der Waals surface area contributed by atoms with Gasteiger partial charge in [0, 0.05) is 36.6 Å². The maximum Gasteiger partial charge on any atom is 0.254 e. The van der Waals surface area contributed by atoms with Crippen molar-refractivity contribution in [1.29, 1.82) is 0 Å². The van der Waals surface area contributed by atoms with Crippen LogP contribution in [0.5, 0.6) is 0 Å². The van der Waals surface area contributed by atoms with Crippen LogP contribution in [0, 0.1) is 0 Å². The van der Waals surface area contributed by atoms with Gasteiger partial charge in [-0.3, -0.25) is 4.79 Å². The molecule has 1 atom stereocenters. The molecule has 2 rings (SSSR count).